The van der Waals surface area contributed by atoms with Crippen molar-refractivity contribution in [1.82, 2.24) is 0 Å². The molecular weight excluding hydrogens is 206 g/mol. The molecule has 0 radical (unpaired) electrons. The first-order valence-electron chi connectivity index (χ1n) is 7.29. The molecule has 0 heterocycles. The Kier molecular flexibility index (Phi) is 3.68. The van der Waals surface area contributed by atoms with Crippen molar-refractivity contribution in [1.29, 1.82) is 0 Å². The highest BCUT2D eigenvalue weighted by Gasteiger charge is 2.40. The van der Waals surface area contributed by atoms with Crippen LogP contribution in [0.15, 0.2) is 11.6 Å². The summed E-state index contributed by atoms with van der Waals surface area (Å²) in [5.74, 6) is 3.14. The molecule has 17 heavy (non-hydrogen) atoms. The first-order valence-corrected chi connectivity index (χ1v) is 7.29. The van der Waals surface area contributed by atoms with Crippen LogP contribution in [-0.4, -0.2) is 12.6 Å². The minimum atomic E-state index is 0.225. The topological polar surface area (TPSA) is 14.1 Å². The van der Waals surface area contributed by atoms with Crippen molar-refractivity contribution < 1.29 is 0 Å². The molecule has 0 aliphatic heterocycles. The normalized spacial score (nSPS) is 42.2. The van der Waals surface area contributed by atoms with Gasteiger partial charge in [-0.1, -0.05) is 52.2 Å². The Morgan fingerprint density at radius 1 is 1.35 bits per heavy atom. The van der Waals surface area contributed by atoms with Gasteiger partial charge >= 0.3 is 0 Å². The van der Waals surface area contributed by atoms with Crippen LogP contribution in [0.4, 0.5) is 0 Å². The summed E-state index contributed by atoms with van der Waals surface area (Å²) in [4.78, 5) is 0. The third kappa shape index (κ3) is 2.31. The lowest BCUT2D eigenvalue weighted by molar-refractivity contribution is 0.272. The van der Waals surface area contributed by atoms with Crippen molar-refractivity contribution in [3.8, 4) is 0 Å². The molecule has 1 saturated carbocycles. The summed E-state index contributed by atoms with van der Waals surface area (Å²) >= 11 is 0. The quantitative estimate of drug-likeness (QED) is 0.610. The first kappa shape index (κ1) is 13.1. The number of allylic oxidation sites excluding steroid dienone is 2. The predicted molar refractivity (Wildman–Crippen MR) is 75.2 cm³/mol. The van der Waals surface area contributed by atoms with E-state index in [2.05, 4.69) is 33.8 Å². The van der Waals surface area contributed by atoms with Crippen LogP contribution in [0.5, 0.6) is 0 Å². The van der Waals surface area contributed by atoms with Crippen LogP contribution in [0.1, 0.15) is 53.4 Å². The lowest BCUT2D eigenvalue weighted by Crippen LogP contribution is -2.35. The minimum Gasteiger partial charge on any atom is -0.659 e. The van der Waals surface area contributed by atoms with Crippen LogP contribution < -0.4 is 0 Å². The number of hydrogen-bond acceptors (Lipinski definition) is 0. The second-order valence-electron chi connectivity index (χ2n) is 6.72. The summed E-state index contributed by atoms with van der Waals surface area (Å²) < 4.78 is 0. The van der Waals surface area contributed by atoms with Gasteiger partial charge in [0.2, 0.25) is 0 Å². The highest BCUT2D eigenvalue weighted by Crippen LogP contribution is 2.51. The fraction of sp³-hybridized carbons (Fsp3) is 0.875. The van der Waals surface area contributed by atoms with Gasteiger partial charge in [0.1, 0.15) is 0 Å². The Bertz CT molecular complexity index is 305. The third-order valence-electron chi connectivity index (χ3n) is 5.43. The second kappa shape index (κ2) is 4.76. The Balaban J connectivity index is 2.31. The monoisotopic (exact) mass is 234 g/mol. The molecule has 0 unspecified atom stereocenters. The number of fused-ring (bicyclic) bond motifs is 1. The largest absolute Gasteiger partial charge is 0.659 e. The third-order valence-corrected chi connectivity index (χ3v) is 5.43. The number of nitrogens with zero attached hydrogens (tertiary/aromatic N) is 1. The molecule has 0 amide bonds. The van der Waals surface area contributed by atoms with E-state index in [1.165, 1.54) is 25.7 Å². The van der Waals surface area contributed by atoms with E-state index >= 15 is 0 Å². The van der Waals surface area contributed by atoms with E-state index in [1.54, 1.807) is 5.57 Å². The molecule has 2 aliphatic carbocycles. The zero-order valence-electron chi connectivity index (χ0n) is 12.2. The van der Waals surface area contributed by atoms with Crippen LogP contribution in [0.25, 0.3) is 5.32 Å². The molecule has 0 aromatic carbocycles. The van der Waals surface area contributed by atoms with E-state index in [9.17, 15) is 0 Å². The Morgan fingerprint density at radius 2 is 2.06 bits per heavy atom. The van der Waals surface area contributed by atoms with Gasteiger partial charge in [0.15, 0.2) is 0 Å². The highest BCUT2D eigenvalue weighted by atomic mass is 14.9. The van der Waals surface area contributed by atoms with Crippen LogP contribution in [0.3, 0.4) is 0 Å². The predicted octanol–water partition coefficient (Wildman–Crippen LogP) is 4.79. The maximum atomic E-state index is 4.78. The molecule has 0 spiro atoms. The van der Waals surface area contributed by atoms with Crippen LogP contribution in [-0.2, 0) is 0 Å². The Labute approximate surface area is 107 Å². The zero-order valence-corrected chi connectivity index (χ0v) is 12.2. The summed E-state index contributed by atoms with van der Waals surface area (Å²) in [5, 5.41) is 4.78. The molecule has 0 aromatic rings. The molecule has 2 rings (SSSR count). The first-order chi connectivity index (χ1) is 7.98. The SMILES string of the molecule is C[N-][C@@]1(C)CCC(C(C)C)=C[C@@H]2[C@H](C)CC[C@@H]21. The van der Waals surface area contributed by atoms with Gasteiger partial charge in [-0.15, -0.1) is 5.54 Å². The molecule has 4 atom stereocenters. The summed E-state index contributed by atoms with van der Waals surface area (Å²) in [6.45, 7) is 9.50. The summed E-state index contributed by atoms with van der Waals surface area (Å²) in [7, 11) is 2.03. The van der Waals surface area contributed by atoms with Crippen molar-refractivity contribution in [3.05, 3.63) is 17.0 Å². The molecule has 0 saturated heterocycles. The van der Waals surface area contributed by atoms with E-state index in [0.717, 1.165) is 17.8 Å². The zero-order chi connectivity index (χ0) is 12.6. The lowest BCUT2D eigenvalue weighted by atomic mass is 9.76. The number of rotatable bonds is 2. The van der Waals surface area contributed by atoms with Crippen molar-refractivity contribution in [2.75, 3.05) is 7.05 Å². The molecule has 0 bridgehead atoms. The highest BCUT2D eigenvalue weighted by molar-refractivity contribution is 5.21. The van der Waals surface area contributed by atoms with Gasteiger partial charge in [0, 0.05) is 0 Å². The fourth-order valence-corrected chi connectivity index (χ4v) is 3.90. The van der Waals surface area contributed by atoms with Crippen molar-refractivity contribution in [2.45, 2.75) is 58.9 Å². The molecule has 0 N–H and O–H groups in total. The van der Waals surface area contributed by atoms with Crippen LogP contribution in [0, 0.1) is 23.7 Å². The van der Waals surface area contributed by atoms with Gasteiger partial charge in [-0.25, -0.2) is 0 Å². The van der Waals surface area contributed by atoms with E-state index in [1.807, 2.05) is 7.05 Å². The average Bonchev–Trinajstić information content (AvgIpc) is 2.57. The van der Waals surface area contributed by atoms with E-state index < -0.39 is 0 Å². The Morgan fingerprint density at radius 3 is 2.65 bits per heavy atom. The Hall–Kier alpha value is -0.300. The smallest absolute Gasteiger partial charge is 0.0188 e. The van der Waals surface area contributed by atoms with E-state index in [0.29, 0.717) is 5.92 Å². The number of hydrogen-bond donors (Lipinski definition) is 0. The van der Waals surface area contributed by atoms with Crippen LogP contribution in [0.2, 0.25) is 0 Å². The second-order valence-corrected chi connectivity index (χ2v) is 6.72. The summed E-state index contributed by atoms with van der Waals surface area (Å²) in [6, 6.07) is 0. The van der Waals surface area contributed by atoms with Crippen molar-refractivity contribution in [2.24, 2.45) is 23.7 Å². The molecule has 2 aliphatic rings. The van der Waals surface area contributed by atoms with Gasteiger partial charge in [-0.2, -0.15) is 7.05 Å². The maximum Gasteiger partial charge on any atom is -0.0188 e. The lowest BCUT2D eigenvalue weighted by Gasteiger charge is -2.48. The van der Waals surface area contributed by atoms with Gasteiger partial charge < -0.3 is 5.32 Å². The van der Waals surface area contributed by atoms with Crippen molar-refractivity contribution in [3.63, 3.8) is 0 Å². The van der Waals surface area contributed by atoms with Gasteiger partial charge in [-0.05, 0) is 36.5 Å². The van der Waals surface area contributed by atoms with Crippen molar-refractivity contribution >= 4 is 0 Å². The van der Waals surface area contributed by atoms with E-state index in [4.69, 9.17) is 5.32 Å². The van der Waals surface area contributed by atoms with Gasteiger partial charge in [-0.3, -0.25) is 0 Å². The summed E-state index contributed by atoms with van der Waals surface area (Å²) in [6.07, 6.45) is 7.90. The molecule has 1 nitrogen and oxygen atoms in total. The van der Waals surface area contributed by atoms with Crippen LogP contribution >= 0.6 is 0 Å². The molecule has 1 fully saturated rings. The molecule has 1 heteroatoms. The molecular formula is C16H28N-. The van der Waals surface area contributed by atoms with Gasteiger partial charge in [0.25, 0.3) is 0 Å². The molecule has 98 valence electrons. The van der Waals surface area contributed by atoms with Gasteiger partial charge in [0.05, 0.1) is 0 Å². The average molecular weight is 234 g/mol. The minimum absolute atomic E-state index is 0.225. The summed E-state index contributed by atoms with van der Waals surface area (Å²) in [5.41, 5.74) is 1.91. The molecule has 0 aromatic heterocycles. The van der Waals surface area contributed by atoms with E-state index in [-0.39, 0.29) is 5.54 Å². The maximum absolute atomic E-state index is 4.78. The standard InChI is InChI=1S/C16H28N/c1-11(2)13-8-9-16(4,17-5)15-7-6-12(3)14(15)10-13/h10-12,14-15H,6-9H2,1-5H3/q-1/t12-,14-,15+,16+/m1/s1. The fourth-order valence-electron chi connectivity index (χ4n) is 3.90.